The first-order valence-electron chi connectivity index (χ1n) is 7.33. The normalized spacial score (nSPS) is 20.7. The number of benzene rings is 2. The van der Waals surface area contributed by atoms with E-state index in [0.29, 0.717) is 17.6 Å². The fraction of sp³-hybridized carbons (Fsp3) is 0.333. The Morgan fingerprint density at radius 1 is 1.14 bits per heavy atom. The molecule has 0 amide bonds. The molecule has 0 unspecified atom stereocenters. The van der Waals surface area contributed by atoms with Crippen LogP contribution in [-0.4, -0.2) is 13.2 Å². The van der Waals surface area contributed by atoms with Crippen LogP contribution in [0.25, 0.3) is 0 Å². The molecule has 21 heavy (non-hydrogen) atoms. The Hall–Kier alpha value is -2.03. The first-order chi connectivity index (χ1) is 10.2. The summed E-state index contributed by atoms with van der Waals surface area (Å²) in [6.07, 6.45) is 2.02. The molecule has 1 aliphatic carbocycles. The van der Waals surface area contributed by atoms with Gasteiger partial charge in [0.15, 0.2) is 0 Å². The molecule has 1 aliphatic rings. The number of nitrogens with one attached hydrogen (secondary N) is 1. The summed E-state index contributed by atoms with van der Waals surface area (Å²) in [6.45, 7) is 1.98. The van der Waals surface area contributed by atoms with Gasteiger partial charge in [-0.05, 0) is 55.0 Å². The van der Waals surface area contributed by atoms with Crippen molar-refractivity contribution in [1.82, 2.24) is 0 Å². The summed E-state index contributed by atoms with van der Waals surface area (Å²) >= 11 is 0. The molecule has 2 nitrogen and oxygen atoms in total. The van der Waals surface area contributed by atoms with Crippen LogP contribution in [0.15, 0.2) is 42.5 Å². The van der Waals surface area contributed by atoms with Gasteiger partial charge >= 0.3 is 0 Å². The van der Waals surface area contributed by atoms with Crippen LogP contribution >= 0.6 is 0 Å². The van der Waals surface area contributed by atoms with Gasteiger partial charge in [0.2, 0.25) is 0 Å². The molecule has 0 aliphatic heterocycles. The maximum Gasteiger partial charge on any atom is 0.146 e. The third kappa shape index (κ3) is 2.87. The molecule has 1 N–H and O–H groups in total. The lowest BCUT2D eigenvalue weighted by atomic mass is 9.75. The summed E-state index contributed by atoms with van der Waals surface area (Å²) in [5, 5.41) is 3.31. The van der Waals surface area contributed by atoms with E-state index in [2.05, 4.69) is 11.4 Å². The second-order valence-electron chi connectivity index (χ2n) is 5.73. The highest BCUT2D eigenvalue weighted by molar-refractivity contribution is 5.49. The smallest absolute Gasteiger partial charge is 0.146 e. The predicted molar refractivity (Wildman–Crippen MR) is 83.5 cm³/mol. The molecule has 1 saturated carbocycles. The molecule has 2 aromatic carbocycles. The van der Waals surface area contributed by atoms with E-state index in [1.54, 1.807) is 13.2 Å². The summed E-state index contributed by atoms with van der Waals surface area (Å²) in [6, 6.07) is 13.6. The summed E-state index contributed by atoms with van der Waals surface area (Å²) in [7, 11) is 1.70. The molecule has 0 aromatic heterocycles. The molecule has 110 valence electrons. The molecule has 1 fully saturated rings. The Bertz CT molecular complexity index is 635. The third-order valence-corrected chi connectivity index (χ3v) is 4.20. The molecule has 3 rings (SSSR count). The van der Waals surface area contributed by atoms with Gasteiger partial charge in [0.1, 0.15) is 11.6 Å². The number of halogens is 1. The van der Waals surface area contributed by atoms with Crippen molar-refractivity contribution in [2.45, 2.75) is 31.7 Å². The van der Waals surface area contributed by atoms with Crippen molar-refractivity contribution < 1.29 is 9.13 Å². The maximum absolute atomic E-state index is 13.7. The van der Waals surface area contributed by atoms with Crippen LogP contribution in [0.2, 0.25) is 0 Å². The van der Waals surface area contributed by atoms with Crippen LogP contribution < -0.4 is 10.1 Å². The number of ether oxygens (including phenoxy) is 1. The highest BCUT2D eigenvalue weighted by atomic mass is 19.1. The second-order valence-corrected chi connectivity index (χ2v) is 5.73. The monoisotopic (exact) mass is 285 g/mol. The third-order valence-electron chi connectivity index (χ3n) is 4.20. The summed E-state index contributed by atoms with van der Waals surface area (Å²) in [4.78, 5) is 0. The van der Waals surface area contributed by atoms with E-state index in [1.807, 2.05) is 31.2 Å². The minimum atomic E-state index is -0.179. The van der Waals surface area contributed by atoms with Gasteiger partial charge in [-0.1, -0.05) is 24.3 Å². The largest absolute Gasteiger partial charge is 0.496 e. The molecule has 0 saturated heterocycles. The lowest BCUT2D eigenvalue weighted by Gasteiger charge is -2.37. The van der Waals surface area contributed by atoms with Gasteiger partial charge in [-0.3, -0.25) is 0 Å². The number of rotatable bonds is 4. The number of methoxy groups -OCH3 is 1. The first-order valence-corrected chi connectivity index (χ1v) is 7.33. The summed E-state index contributed by atoms with van der Waals surface area (Å²) in [5.41, 5.74) is 2.93. The van der Waals surface area contributed by atoms with Gasteiger partial charge in [0.05, 0.1) is 12.8 Å². The van der Waals surface area contributed by atoms with Crippen molar-refractivity contribution in [3.05, 3.63) is 59.4 Å². The molecule has 3 heteroatoms. The molecule has 2 aromatic rings. The minimum Gasteiger partial charge on any atom is -0.496 e. The average Bonchev–Trinajstić information content (AvgIpc) is 2.46. The molecule has 0 bridgehead atoms. The van der Waals surface area contributed by atoms with Gasteiger partial charge in [-0.15, -0.1) is 0 Å². The highest BCUT2D eigenvalue weighted by Crippen LogP contribution is 2.42. The summed E-state index contributed by atoms with van der Waals surface area (Å²) in [5.74, 6) is 1.26. The van der Waals surface area contributed by atoms with E-state index in [0.717, 1.165) is 24.2 Å². The first kappa shape index (κ1) is 13.9. The standard InChI is InChI=1S/C18H20FNO/c1-12-7-8-16(19)17(9-12)20-14-10-13(11-14)15-5-3-4-6-18(15)21-2/h3-9,13-14,20H,10-11H2,1-2H3. The number of para-hydroxylation sites is 1. The van der Waals surface area contributed by atoms with E-state index in [1.165, 1.54) is 11.6 Å². The quantitative estimate of drug-likeness (QED) is 0.893. The van der Waals surface area contributed by atoms with Crippen molar-refractivity contribution in [3.63, 3.8) is 0 Å². The molecule has 0 atom stereocenters. The Morgan fingerprint density at radius 2 is 1.90 bits per heavy atom. The van der Waals surface area contributed by atoms with Crippen LogP contribution in [-0.2, 0) is 0 Å². The van der Waals surface area contributed by atoms with Crippen molar-refractivity contribution >= 4 is 5.69 Å². The zero-order valence-corrected chi connectivity index (χ0v) is 12.4. The average molecular weight is 285 g/mol. The fourth-order valence-electron chi connectivity index (χ4n) is 2.96. The molecule has 0 spiro atoms. The fourth-order valence-corrected chi connectivity index (χ4v) is 2.96. The second kappa shape index (κ2) is 5.76. The number of hydrogen-bond donors (Lipinski definition) is 1. The Labute approximate surface area is 125 Å². The van der Waals surface area contributed by atoms with Crippen LogP contribution in [0.5, 0.6) is 5.75 Å². The maximum atomic E-state index is 13.7. The SMILES string of the molecule is COc1ccccc1C1CC(Nc2cc(C)ccc2F)C1. The molecule has 0 radical (unpaired) electrons. The minimum absolute atomic E-state index is 0.179. The lowest BCUT2D eigenvalue weighted by Crippen LogP contribution is -2.34. The Morgan fingerprint density at radius 3 is 2.67 bits per heavy atom. The van der Waals surface area contributed by atoms with Gasteiger partial charge in [-0.25, -0.2) is 4.39 Å². The number of hydrogen-bond acceptors (Lipinski definition) is 2. The molecular formula is C18H20FNO. The van der Waals surface area contributed by atoms with Gasteiger partial charge in [0, 0.05) is 6.04 Å². The van der Waals surface area contributed by atoms with Crippen molar-refractivity contribution in [2.75, 3.05) is 12.4 Å². The number of anilines is 1. The predicted octanol–water partition coefficient (Wildman–Crippen LogP) is 4.50. The molecular weight excluding hydrogens is 265 g/mol. The van der Waals surface area contributed by atoms with Crippen LogP contribution in [0.1, 0.15) is 29.9 Å². The topological polar surface area (TPSA) is 21.3 Å². The van der Waals surface area contributed by atoms with E-state index in [-0.39, 0.29) is 5.82 Å². The van der Waals surface area contributed by atoms with E-state index in [4.69, 9.17) is 4.74 Å². The van der Waals surface area contributed by atoms with Crippen LogP contribution in [0.3, 0.4) is 0 Å². The van der Waals surface area contributed by atoms with Gasteiger partial charge in [0.25, 0.3) is 0 Å². The van der Waals surface area contributed by atoms with E-state index >= 15 is 0 Å². The zero-order chi connectivity index (χ0) is 14.8. The number of aryl methyl sites for hydroxylation is 1. The molecule has 0 heterocycles. The van der Waals surface area contributed by atoms with Gasteiger partial charge < -0.3 is 10.1 Å². The Balaban J connectivity index is 1.65. The lowest BCUT2D eigenvalue weighted by molar-refractivity contribution is 0.349. The zero-order valence-electron chi connectivity index (χ0n) is 12.4. The van der Waals surface area contributed by atoms with Crippen LogP contribution in [0, 0.1) is 12.7 Å². The summed E-state index contributed by atoms with van der Waals surface area (Å²) < 4.78 is 19.2. The van der Waals surface area contributed by atoms with E-state index in [9.17, 15) is 4.39 Å². The van der Waals surface area contributed by atoms with E-state index < -0.39 is 0 Å². The van der Waals surface area contributed by atoms with Crippen molar-refractivity contribution in [2.24, 2.45) is 0 Å². The van der Waals surface area contributed by atoms with Crippen molar-refractivity contribution in [3.8, 4) is 5.75 Å². The highest BCUT2D eigenvalue weighted by Gasteiger charge is 2.32. The van der Waals surface area contributed by atoms with Crippen molar-refractivity contribution in [1.29, 1.82) is 0 Å². The van der Waals surface area contributed by atoms with Crippen LogP contribution in [0.4, 0.5) is 10.1 Å². The Kier molecular flexibility index (Phi) is 3.82. The van der Waals surface area contributed by atoms with Gasteiger partial charge in [-0.2, -0.15) is 0 Å².